The van der Waals surface area contributed by atoms with E-state index in [1.165, 1.54) is 0 Å². The van der Waals surface area contributed by atoms with Gasteiger partial charge in [0.1, 0.15) is 13.2 Å². The second-order valence-electron chi connectivity index (χ2n) is 7.40. The Morgan fingerprint density at radius 2 is 0.938 bits per heavy atom. The number of para-hydroxylation sites is 2. The molecule has 0 atom stereocenters. The number of carbonyl (C=O) groups is 1. The zero-order valence-corrected chi connectivity index (χ0v) is 17.5. The highest BCUT2D eigenvalue weighted by Crippen LogP contribution is 2.27. The standard InChI is InChI=1S/C27H24N2O3/c28-25-7-3-1-5-23(25)21-13-9-19(10-14-21)17-31-27(30)32-18-20-11-15-22(16-12-20)24-6-2-4-8-26(24)29/h1-16H,17-18,28-29H2. The van der Waals surface area contributed by atoms with Crippen LogP contribution >= 0.6 is 0 Å². The number of benzene rings is 4. The largest absolute Gasteiger partial charge is 0.508 e. The van der Waals surface area contributed by atoms with Crippen molar-refractivity contribution in [3.8, 4) is 22.3 Å². The van der Waals surface area contributed by atoms with E-state index in [0.29, 0.717) is 0 Å². The first kappa shape index (κ1) is 21.0. The number of hydrogen-bond acceptors (Lipinski definition) is 5. The number of carbonyl (C=O) groups excluding carboxylic acids is 1. The summed E-state index contributed by atoms with van der Waals surface area (Å²) in [4.78, 5) is 12.0. The zero-order valence-electron chi connectivity index (χ0n) is 17.5. The molecule has 4 N–H and O–H groups in total. The van der Waals surface area contributed by atoms with Crippen LogP contribution in [0, 0.1) is 0 Å². The summed E-state index contributed by atoms with van der Waals surface area (Å²) in [5.74, 6) is 0. The van der Waals surface area contributed by atoms with Crippen molar-refractivity contribution < 1.29 is 14.3 Å². The number of nitrogens with two attached hydrogens (primary N) is 2. The molecule has 0 heterocycles. The second-order valence-corrected chi connectivity index (χ2v) is 7.40. The number of hydrogen-bond donors (Lipinski definition) is 2. The van der Waals surface area contributed by atoms with Crippen LogP contribution in [0.15, 0.2) is 97.1 Å². The van der Waals surface area contributed by atoms with Gasteiger partial charge in [0.05, 0.1) is 0 Å². The first-order chi connectivity index (χ1) is 15.6. The van der Waals surface area contributed by atoms with Crippen LogP contribution in [-0.2, 0) is 22.7 Å². The SMILES string of the molecule is Nc1ccccc1-c1ccc(COC(=O)OCc2ccc(-c3ccccc3N)cc2)cc1. The molecule has 160 valence electrons. The van der Waals surface area contributed by atoms with Crippen LogP contribution in [0.2, 0.25) is 0 Å². The van der Waals surface area contributed by atoms with Crippen molar-refractivity contribution in [1.29, 1.82) is 0 Å². The molecule has 0 aliphatic heterocycles. The van der Waals surface area contributed by atoms with Gasteiger partial charge >= 0.3 is 6.16 Å². The Morgan fingerprint density at radius 1 is 0.562 bits per heavy atom. The van der Waals surface area contributed by atoms with Gasteiger partial charge in [-0.2, -0.15) is 0 Å². The lowest BCUT2D eigenvalue weighted by molar-refractivity contribution is 0.0446. The Balaban J connectivity index is 1.27. The molecule has 4 rings (SSSR count). The smallest absolute Gasteiger partial charge is 0.429 e. The summed E-state index contributed by atoms with van der Waals surface area (Å²) in [6.07, 6.45) is -0.710. The third-order valence-corrected chi connectivity index (χ3v) is 5.16. The van der Waals surface area contributed by atoms with Gasteiger partial charge in [0.25, 0.3) is 0 Å². The molecule has 0 fully saturated rings. The highest BCUT2D eigenvalue weighted by atomic mass is 16.7. The van der Waals surface area contributed by atoms with E-state index < -0.39 is 6.16 Å². The third-order valence-electron chi connectivity index (χ3n) is 5.16. The summed E-state index contributed by atoms with van der Waals surface area (Å²) in [6.45, 7) is 0.269. The average Bonchev–Trinajstić information content (AvgIpc) is 2.83. The van der Waals surface area contributed by atoms with Crippen LogP contribution in [-0.4, -0.2) is 6.16 Å². The Morgan fingerprint density at radius 3 is 1.31 bits per heavy atom. The first-order valence-electron chi connectivity index (χ1n) is 10.3. The first-order valence-corrected chi connectivity index (χ1v) is 10.3. The zero-order chi connectivity index (χ0) is 22.3. The van der Waals surface area contributed by atoms with Crippen molar-refractivity contribution in [2.24, 2.45) is 0 Å². The van der Waals surface area contributed by atoms with E-state index in [1.54, 1.807) is 0 Å². The van der Waals surface area contributed by atoms with Gasteiger partial charge in [-0.15, -0.1) is 0 Å². The Bertz CT molecular complexity index is 1110. The van der Waals surface area contributed by atoms with Gasteiger partial charge in [-0.05, 0) is 34.4 Å². The van der Waals surface area contributed by atoms with E-state index in [1.807, 2.05) is 97.1 Å². The van der Waals surface area contributed by atoms with E-state index in [2.05, 4.69) is 0 Å². The molecule has 32 heavy (non-hydrogen) atoms. The van der Waals surface area contributed by atoms with Crippen LogP contribution in [0.25, 0.3) is 22.3 Å². The average molecular weight is 425 g/mol. The Hall–Kier alpha value is -4.25. The van der Waals surface area contributed by atoms with Gasteiger partial charge in [0.15, 0.2) is 0 Å². The molecule has 4 aromatic rings. The minimum Gasteiger partial charge on any atom is -0.429 e. The lowest BCUT2D eigenvalue weighted by Crippen LogP contribution is -2.07. The second kappa shape index (κ2) is 9.71. The molecule has 5 nitrogen and oxygen atoms in total. The maximum atomic E-state index is 12.0. The quantitative estimate of drug-likeness (QED) is 0.291. The molecule has 0 spiro atoms. The molecule has 0 saturated carbocycles. The summed E-state index contributed by atoms with van der Waals surface area (Å²) in [7, 11) is 0. The Labute approximate surface area is 187 Å². The molecule has 4 aromatic carbocycles. The lowest BCUT2D eigenvalue weighted by Gasteiger charge is -2.09. The highest BCUT2D eigenvalue weighted by Gasteiger charge is 2.07. The van der Waals surface area contributed by atoms with E-state index in [9.17, 15) is 4.79 Å². The number of rotatable bonds is 6. The normalized spacial score (nSPS) is 10.5. The van der Waals surface area contributed by atoms with Crippen LogP contribution in [0.3, 0.4) is 0 Å². The van der Waals surface area contributed by atoms with E-state index >= 15 is 0 Å². The monoisotopic (exact) mass is 424 g/mol. The topological polar surface area (TPSA) is 87.6 Å². The van der Waals surface area contributed by atoms with Crippen LogP contribution < -0.4 is 11.5 Å². The minimum absolute atomic E-state index is 0.135. The molecule has 5 heteroatoms. The lowest BCUT2D eigenvalue weighted by atomic mass is 10.0. The van der Waals surface area contributed by atoms with Gasteiger partial charge in [0, 0.05) is 22.5 Å². The summed E-state index contributed by atoms with van der Waals surface area (Å²) >= 11 is 0. The van der Waals surface area contributed by atoms with Gasteiger partial charge < -0.3 is 20.9 Å². The number of anilines is 2. The van der Waals surface area contributed by atoms with Crippen molar-refractivity contribution in [2.75, 3.05) is 11.5 Å². The van der Waals surface area contributed by atoms with E-state index in [4.69, 9.17) is 20.9 Å². The molecule has 0 saturated heterocycles. The fourth-order valence-electron chi connectivity index (χ4n) is 3.41. The third kappa shape index (κ3) is 5.08. The molecule has 0 bridgehead atoms. The summed E-state index contributed by atoms with van der Waals surface area (Å²) in [6, 6.07) is 30.8. The van der Waals surface area contributed by atoms with Crippen molar-refractivity contribution in [2.45, 2.75) is 13.2 Å². The van der Waals surface area contributed by atoms with Crippen molar-refractivity contribution >= 4 is 17.5 Å². The maximum absolute atomic E-state index is 12.0. The molecule has 0 amide bonds. The van der Waals surface area contributed by atoms with Crippen molar-refractivity contribution in [3.63, 3.8) is 0 Å². The molecule has 0 unspecified atom stereocenters. The van der Waals surface area contributed by atoms with Gasteiger partial charge in [-0.25, -0.2) is 4.79 Å². The molecule has 0 aromatic heterocycles. The van der Waals surface area contributed by atoms with Gasteiger partial charge in [0.2, 0.25) is 0 Å². The molecular weight excluding hydrogens is 400 g/mol. The molecule has 0 radical (unpaired) electrons. The number of ether oxygens (including phenoxy) is 2. The fraction of sp³-hybridized carbons (Fsp3) is 0.0741. The Kier molecular flexibility index (Phi) is 6.37. The molecule has 0 aliphatic rings. The van der Waals surface area contributed by atoms with Gasteiger partial charge in [-0.3, -0.25) is 0 Å². The molecular formula is C27H24N2O3. The summed E-state index contributed by atoms with van der Waals surface area (Å²) in [5.41, 5.74) is 19.2. The maximum Gasteiger partial charge on any atom is 0.508 e. The van der Waals surface area contributed by atoms with E-state index in [0.717, 1.165) is 44.8 Å². The predicted molar refractivity (Wildman–Crippen MR) is 128 cm³/mol. The van der Waals surface area contributed by atoms with Crippen LogP contribution in [0.5, 0.6) is 0 Å². The predicted octanol–water partition coefficient (Wildman–Crippen LogP) is 6.04. The molecule has 0 aliphatic carbocycles. The van der Waals surface area contributed by atoms with Crippen molar-refractivity contribution in [1.82, 2.24) is 0 Å². The fourth-order valence-corrected chi connectivity index (χ4v) is 3.41. The van der Waals surface area contributed by atoms with Gasteiger partial charge in [-0.1, -0.05) is 84.9 Å². The van der Waals surface area contributed by atoms with Crippen LogP contribution in [0.4, 0.5) is 16.2 Å². The number of nitrogen functional groups attached to an aromatic ring is 2. The van der Waals surface area contributed by atoms with Crippen molar-refractivity contribution in [3.05, 3.63) is 108 Å². The highest BCUT2D eigenvalue weighted by molar-refractivity contribution is 5.77. The van der Waals surface area contributed by atoms with Crippen LogP contribution in [0.1, 0.15) is 11.1 Å². The summed E-state index contributed by atoms with van der Waals surface area (Å²) < 4.78 is 10.5. The summed E-state index contributed by atoms with van der Waals surface area (Å²) in [5, 5.41) is 0. The van der Waals surface area contributed by atoms with E-state index in [-0.39, 0.29) is 13.2 Å². The minimum atomic E-state index is -0.710.